The predicted octanol–water partition coefficient (Wildman–Crippen LogP) is 3.22. The molecule has 0 aromatic carbocycles. The standard InChI is InChI=1S/C10H15Cl/c1-6-7-4-8(9(11)5-7)10(6,2)3/h7-9H,1,4-5H2,2-3H3/t7-,8-,9-/m0/s1. The number of hydrogen-bond donors (Lipinski definition) is 0. The Hall–Kier alpha value is 0.0300. The Morgan fingerprint density at radius 1 is 1.45 bits per heavy atom. The Bertz CT molecular complexity index is 205. The normalized spacial score (nSPS) is 46.8. The summed E-state index contributed by atoms with van der Waals surface area (Å²) < 4.78 is 0. The number of alkyl halides is 1. The van der Waals surface area contributed by atoms with Crippen LogP contribution in [-0.2, 0) is 0 Å². The Labute approximate surface area is 73.6 Å². The lowest BCUT2D eigenvalue weighted by atomic mass is 9.73. The van der Waals surface area contributed by atoms with Crippen molar-refractivity contribution in [3.05, 3.63) is 12.2 Å². The minimum absolute atomic E-state index is 0.315. The van der Waals surface area contributed by atoms with E-state index in [-0.39, 0.29) is 0 Å². The fourth-order valence-corrected chi connectivity index (χ4v) is 3.41. The first kappa shape index (κ1) is 7.67. The number of fused-ring (bicyclic) bond motifs is 2. The van der Waals surface area contributed by atoms with E-state index in [4.69, 9.17) is 11.6 Å². The van der Waals surface area contributed by atoms with Crippen LogP contribution in [0.15, 0.2) is 12.2 Å². The van der Waals surface area contributed by atoms with Gasteiger partial charge in [0.1, 0.15) is 0 Å². The second-order valence-corrected chi connectivity index (χ2v) is 5.10. The Balaban J connectivity index is 2.34. The number of hydrogen-bond acceptors (Lipinski definition) is 0. The molecule has 0 unspecified atom stereocenters. The van der Waals surface area contributed by atoms with Crippen LogP contribution < -0.4 is 0 Å². The van der Waals surface area contributed by atoms with Crippen LogP contribution in [0.25, 0.3) is 0 Å². The van der Waals surface area contributed by atoms with Gasteiger partial charge in [0.25, 0.3) is 0 Å². The van der Waals surface area contributed by atoms with Gasteiger partial charge in [-0.15, -0.1) is 11.6 Å². The highest BCUT2D eigenvalue weighted by Crippen LogP contribution is 2.59. The van der Waals surface area contributed by atoms with Gasteiger partial charge >= 0.3 is 0 Å². The molecule has 2 aliphatic rings. The zero-order valence-corrected chi connectivity index (χ0v) is 7.99. The summed E-state index contributed by atoms with van der Waals surface area (Å²) in [6, 6.07) is 0. The average molecular weight is 171 g/mol. The van der Waals surface area contributed by atoms with E-state index in [0.717, 1.165) is 5.92 Å². The van der Waals surface area contributed by atoms with Gasteiger partial charge in [0.05, 0.1) is 0 Å². The molecule has 2 fully saturated rings. The van der Waals surface area contributed by atoms with E-state index < -0.39 is 0 Å². The van der Waals surface area contributed by atoms with Crippen LogP contribution in [0.3, 0.4) is 0 Å². The molecule has 1 heteroatoms. The lowest BCUT2D eigenvalue weighted by Gasteiger charge is -2.34. The van der Waals surface area contributed by atoms with Gasteiger partial charge in [-0.3, -0.25) is 0 Å². The molecule has 3 atom stereocenters. The summed E-state index contributed by atoms with van der Waals surface area (Å²) in [6.45, 7) is 8.74. The van der Waals surface area contributed by atoms with E-state index in [2.05, 4.69) is 20.4 Å². The highest BCUT2D eigenvalue weighted by atomic mass is 35.5. The summed E-state index contributed by atoms with van der Waals surface area (Å²) in [6.07, 6.45) is 2.47. The van der Waals surface area contributed by atoms with Gasteiger partial charge in [-0.05, 0) is 30.1 Å². The summed E-state index contributed by atoms with van der Waals surface area (Å²) in [7, 11) is 0. The van der Waals surface area contributed by atoms with Crippen LogP contribution in [0.5, 0.6) is 0 Å². The first-order valence-corrected chi connectivity index (χ1v) is 4.80. The summed E-state index contributed by atoms with van der Waals surface area (Å²) in [5.74, 6) is 1.43. The lowest BCUT2D eigenvalue weighted by molar-refractivity contribution is 0.294. The molecule has 0 aromatic rings. The third-order valence-corrected chi connectivity index (χ3v) is 4.21. The molecule has 0 nitrogen and oxygen atoms in total. The Morgan fingerprint density at radius 3 is 2.45 bits per heavy atom. The SMILES string of the molecule is C=C1[C@@H]2C[C@H](Cl)[C@H](C2)C1(C)C. The zero-order valence-electron chi connectivity index (χ0n) is 7.23. The van der Waals surface area contributed by atoms with Crippen molar-refractivity contribution in [2.75, 3.05) is 0 Å². The highest BCUT2D eigenvalue weighted by molar-refractivity contribution is 6.21. The Kier molecular flexibility index (Phi) is 1.42. The van der Waals surface area contributed by atoms with Crippen LogP contribution >= 0.6 is 11.6 Å². The van der Waals surface area contributed by atoms with Gasteiger partial charge in [0.15, 0.2) is 0 Å². The fraction of sp³-hybridized carbons (Fsp3) is 0.800. The first-order chi connectivity index (χ1) is 5.03. The predicted molar refractivity (Wildman–Crippen MR) is 48.8 cm³/mol. The van der Waals surface area contributed by atoms with E-state index in [1.54, 1.807) is 0 Å². The number of rotatable bonds is 0. The molecule has 62 valence electrons. The van der Waals surface area contributed by atoms with Crippen LogP contribution in [0.2, 0.25) is 0 Å². The molecule has 0 radical (unpaired) electrons. The molecule has 0 amide bonds. The summed E-state index contributed by atoms with van der Waals surface area (Å²) in [5.41, 5.74) is 1.76. The van der Waals surface area contributed by atoms with E-state index in [0.29, 0.717) is 16.7 Å². The monoisotopic (exact) mass is 170 g/mol. The van der Waals surface area contributed by atoms with Crippen molar-refractivity contribution in [2.45, 2.75) is 32.1 Å². The van der Waals surface area contributed by atoms with Crippen molar-refractivity contribution in [1.82, 2.24) is 0 Å². The van der Waals surface area contributed by atoms with Crippen LogP contribution in [0, 0.1) is 17.3 Å². The summed E-state index contributed by atoms with van der Waals surface area (Å²) in [4.78, 5) is 0. The highest BCUT2D eigenvalue weighted by Gasteiger charge is 2.52. The molecule has 11 heavy (non-hydrogen) atoms. The van der Waals surface area contributed by atoms with Crippen LogP contribution in [0.1, 0.15) is 26.7 Å². The van der Waals surface area contributed by atoms with Gasteiger partial charge in [0, 0.05) is 5.38 Å². The average Bonchev–Trinajstić information content (AvgIpc) is 2.35. The molecule has 0 saturated heterocycles. The molecule has 2 aliphatic carbocycles. The number of halogens is 1. The van der Waals surface area contributed by atoms with E-state index in [1.807, 2.05) is 0 Å². The molecule has 2 rings (SSSR count). The third-order valence-electron chi connectivity index (χ3n) is 3.73. The van der Waals surface area contributed by atoms with Crippen molar-refractivity contribution < 1.29 is 0 Å². The maximum absolute atomic E-state index is 6.22. The molecular formula is C10H15Cl. The van der Waals surface area contributed by atoms with Gasteiger partial charge in [-0.25, -0.2) is 0 Å². The van der Waals surface area contributed by atoms with Crippen molar-refractivity contribution in [3.63, 3.8) is 0 Å². The molecule has 2 saturated carbocycles. The van der Waals surface area contributed by atoms with Crippen molar-refractivity contribution >= 4 is 11.6 Å². The minimum Gasteiger partial charge on any atom is -0.123 e. The van der Waals surface area contributed by atoms with Crippen molar-refractivity contribution in [1.29, 1.82) is 0 Å². The first-order valence-electron chi connectivity index (χ1n) is 4.37. The maximum atomic E-state index is 6.22. The number of allylic oxidation sites excluding steroid dienone is 1. The quantitative estimate of drug-likeness (QED) is 0.387. The third kappa shape index (κ3) is 0.823. The zero-order chi connectivity index (χ0) is 8.22. The summed E-state index contributed by atoms with van der Waals surface area (Å²) >= 11 is 6.22. The minimum atomic E-state index is 0.315. The molecule has 2 bridgehead atoms. The molecule has 0 spiro atoms. The van der Waals surface area contributed by atoms with Gasteiger partial charge in [-0.1, -0.05) is 26.0 Å². The molecule has 0 aromatic heterocycles. The van der Waals surface area contributed by atoms with Crippen molar-refractivity contribution in [2.24, 2.45) is 17.3 Å². The smallest absolute Gasteiger partial charge is 0.0378 e. The summed E-state index contributed by atoms with van der Waals surface area (Å²) in [5, 5.41) is 0.417. The van der Waals surface area contributed by atoms with E-state index >= 15 is 0 Å². The molecule has 0 N–H and O–H groups in total. The molecule has 0 heterocycles. The topological polar surface area (TPSA) is 0 Å². The maximum Gasteiger partial charge on any atom is 0.0378 e. The van der Waals surface area contributed by atoms with E-state index in [1.165, 1.54) is 18.4 Å². The Morgan fingerprint density at radius 2 is 2.09 bits per heavy atom. The largest absolute Gasteiger partial charge is 0.123 e. The van der Waals surface area contributed by atoms with Gasteiger partial charge in [-0.2, -0.15) is 0 Å². The second kappa shape index (κ2) is 2.04. The lowest BCUT2D eigenvalue weighted by Crippen LogP contribution is -2.29. The fourth-order valence-electron chi connectivity index (χ4n) is 2.78. The van der Waals surface area contributed by atoms with Crippen molar-refractivity contribution in [3.8, 4) is 0 Å². The van der Waals surface area contributed by atoms with Gasteiger partial charge in [0.2, 0.25) is 0 Å². The van der Waals surface area contributed by atoms with E-state index in [9.17, 15) is 0 Å². The second-order valence-electron chi connectivity index (χ2n) is 4.54. The molecule has 0 aliphatic heterocycles. The van der Waals surface area contributed by atoms with Crippen LogP contribution in [0.4, 0.5) is 0 Å². The molecular weight excluding hydrogens is 156 g/mol. The van der Waals surface area contributed by atoms with Crippen LogP contribution in [-0.4, -0.2) is 5.38 Å². The van der Waals surface area contributed by atoms with Gasteiger partial charge < -0.3 is 0 Å².